The monoisotopic (exact) mass is 635 g/mol. The number of carbonyl (C=O) groups is 3. The zero-order chi connectivity index (χ0) is 32.5. The van der Waals surface area contributed by atoms with Crippen molar-refractivity contribution in [2.45, 2.75) is 58.7 Å². The number of aromatic carboxylic acids is 1. The molecule has 234 valence electrons. The molecule has 1 aliphatic rings. The number of benzene rings is 2. The number of hydrogen-bond donors (Lipinski definition) is 4. The molecule has 3 heterocycles. The third-order valence-corrected chi connectivity index (χ3v) is 7.41. The minimum absolute atomic E-state index is 0.142. The highest BCUT2D eigenvalue weighted by Crippen LogP contribution is 2.35. The average Bonchev–Trinajstić information content (AvgIpc) is 3.71. The Bertz CT molecular complexity index is 1930. The largest absolute Gasteiger partial charge is 0.477 e. The minimum Gasteiger partial charge on any atom is -0.477 e. The molecule has 45 heavy (non-hydrogen) atoms. The van der Waals surface area contributed by atoms with Crippen molar-refractivity contribution in [2.75, 3.05) is 0 Å². The van der Waals surface area contributed by atoms with E-state index in [1.165, 1.54) is 0 Å². The number of carboxylic acid groups (broad SMARTS) is 1. The highest BCUT2D eigenvalue weighted by atomic mass is 35.5. The summed E-state index contributed by atoms with van der Waals surface area (Å²) in [4.78, 5) is 43.3. The summed E-state index contributed by atoms with van der Waals surface area (Å²) < 4.78 is 20.4. The van der Waals surface area contributed by atoms with Gasteiger partial charge in [-0.2, -0.15) is 10.2 Å². The fourth-order valence-electron chi connectivity index (χ4n) is 5.20. The minimum atomic E-state index is -1.39. The van der Waals surface area contributed by atoms with Gasteiger partial charge in [0.2, 0.25) is 0 Å². The molecule has 6 rings (SSSR count). The Kier molecular flexibility index (Phi) is 8.84. The number of aromatic amines is 1. The van der Waals surface area contributed by atoms with Crippen LogP contribution in [0.4, 0.5) is 4.39 Å². The molecule has 0 fully saturated rings. The Morgan fingerprint density at radius 2 is 1.96 bits per heavy atom. The van der Waals surface area contributed by atoms with Gasteiger partial charge in [0.1, 0.15) is 11.3 Å². The number of H-pyrrole nitrogens is 1. The highest BCUT2D eigenvalue weighted by molar-refractivity contribution is 6.13. The molecule has 0 spiro atoms. The maximum atomic E-state index is 14.0. The Hall–Kier alpha value is -4.88. The van der Waals surface area contributed by atoms with Gasteiger partial charge in [-0.15, -0.1) is 0 Å². The molecule has 0 radical (unpaired) electrons. The van der Waals surface area contributed by atoms with Gasteiger partial charge in [-0.1, -0.05) is 18.2 Å². The van der Waals surface area contributed by atoms with E-state index in [4.69, 9.17) is 16.5 Å². The molecule has 0 aliphatic heterocycles. The quantitative estimate of drug-likeness (QED) is 0.148. The molecule has 5 aromatic rings. The SMILES string of the molecule is Cc1c(C(=O)OC(C)(C)C)ccc2c1CC[C@@H]2NC(=O)c1cc(C(=O)O)nc2c(F)cnn12.ClNCc1ccc2cn[nH]c2c1. The van der Waals surface area contributed by atoms with Gasteiger partial charge in [0, 0.05) is 18.0 Å². The fraction of sp³-hybridized carbons (Fsp3) is 0.290. The van der Waals surface area contributed by atoms with Crippen molar-refractivity contribution in [1.82, 2.24) is 34.9 Å². The van der Waals surface area contributed by atoms with Crippen molar-refractivity contribution < 1.29 is 28.6 Å². The lowest BCUT2D eigenvalue weighted by atomic mass is 9.97. The van der Waals surface area contributed by atoms with Crippen LogP contribution >= 0.6 is 11.8 Å². The van der Waals surface area contributed by atoms with Gasteiger partial charge >= 0.3 is 11.9 Å². The van der Waals surface area contributed by atoms with Gasteiger partial charge in [-0.05, 0) is 86.7 Å². The molecule has 0 bridgehead atoms. The molecule has 1 amide bonds. The van der Waals surface area contributed by atoms with E-state index >= 15 is 0 Å². The first-order chi connectivity index (χ1) is 21.4. The number of esters is 1. The van der Waals surface area contributed by atoms with E-state index < -0.39 is 35.0 Å². The number of amides is 1. The van der Waals surface area contributed by atoms with Gasteiger partial charge in [0.25, 0.3) is 5.91 Å². The lowest BCUT2D eigenvalue weighted by Gasteiger charge is -2.21. The van der Waals surface area contributed by atoms with E-state index in [0.717, 1.165) is 49.9 Å². The number of ether oxygens (including phenoxy) is 1. The molecule has 1 atom stereocenters. The van der Waals surface area contributed by atoms with Crippen LogP contribution in [-0.2, 0) is 17.7 Å². The topological polar surface area (TPSA) is 164 Å². The van der Waals surface area contributed by atoms with Gasteiger partial charge in [0.05, 0.1) is 29.5 Å². The molecule has 0 saturated carbocycles. The number of hydrogen-bond acceptors (Lipinski definition) is 8. The fourth-order valence-corrected chi connectivity index (χ4v) is 5.35. The predicted molar refractivity (Wildman–Crippen MR) is 164 cm³/mol. The number of aromatic nitrogens is 5. The Balaban J connectivity index is 0.000000277. The second kappa shape index (κ2) is 12.6. The van der Waals surface area contributed by atoms with Crippen molar-refractivity contribution >= 4 is 46.2 Å². The highest BCUT2D eigenvalue weighted by Gasteiger charge is 2.30. The van der Waals surface area contributed by atoms with E-state index in [1.54, 1.807) is 39.1 Å². The summed E-state index contributed by atoms with van der Waals surface area (Å²) in [6.07, 6.45) is 3.91. The molecule has 0 unspecified atom stereocenters. The van der Waals surface area contributed by atoms with E-state index in [2.05, 4.69) is 30.4 Å². The first-order valence-electron chi connectivity index (χ1n) is 14.1. The van der Waals surface area contributed by atoms with E-state index in [1.807, 2.05) is 25.1 Å². The zero-order valence-electron chi connectivity index (χ0n) is 24.9. The third kappa shape index (κ3) is 6.79. The van der Waals surface area contributed by atoms with Crippen molar-refractivity contribution in [3.8, 4) is 0 Å². The average molecular weight is 636 g/mol. The second-order valence-electron chi connectivity index (χ2n) is 11.5. The van der Waals surface area contributed by atoms with Crippen LogP contribution in [0.3, 0.4) is 0 Å². The van der Waals surface area contributed by atoms with Crippen LogP contribution in [0.2, 0.25) is 0 Å². The molecule has 2 aromatic carbocycles. The normalized spacial score (nSPS) is 14.1. The second-order valence-corrected chi connectivity index (χ2v) is 11.8. The van der Waals surface area contributed by atoms with Crippen molar-refractivity contribution in [1.29, 1.82) is 0 Å². The zero-order valence-corrected chi connectivity index (χ0v) is 25.7. The summed E-state index contributed by atoms with van der Waals surface area (Å²) in [7, 11) is 0. The van der Waals surface area contributed by atoms with Crippen molar-refractivity contribution in [2.24, 2.45) is 0 Å². The summed E-state index contributed by atoms with van der Waals surface area (Å²) in [5.41, 5.74) is 3.72. The number of carboxylic acids is 1. The number of fused-ring (bicyclic) bond motifs is 3. The Labute approximate surface area is 262 Å². The summed E-state index contributed by atoms with van der Waals surface area (Å²) in [5, 5.41) is 23.9. The summed E-state index contributed by atoms with van der Waals surface area (Å²) in [6.45, 7) is 7.92. The molecule has 3 aromatic heterocycles. The van der Waals surface area contributed by atoms with Gasteiger partial charge < -0.3 is 15.2 Å². The molecule has 1 aliphatic carbocycles. The van der Waals surface area contributed by atoms with Crippen molar-refractivity contribution in [3.63, 3.8) is 0 Å². The lowest BCUT2D eigenvalue weighted by molar-refractivity contribution is 0.00682. The number of carbonyl (C=O) groups excluding carboxylic acids is 2. The van der Waals surface area contributed by atoms with Crippen LogP contribution in [0.1, 0.15) is 86.8 Å². The van der Waals surface area contributed by atoms with Crippen LogP contribution in [-0.4, -0.2) is 53.3 Å². The predicted octanol–water partition coefficient (Wildman–Crippen LogP) is 5.05. The summed E-state index contributed by atoms with van der Waals surface area (Å²) in [6, 6.07) is 10.2. The van der Waals surface area contributed by atoms with Gasteiger partial charge in [-0.3, -0.25) is 9.89 Å². The molecular formula is C31H31ClFN7O5. The smallest absolute Gasteiger partial charge is 0.354 e. The van der Waals surface area contributed by atoms with Gasteiger partial charge in [-0.25, -0.2) is 28.3 Å². The molecular weight excluding hydrogens is 605 g/mol. The summed E-state index contributed by atoms with van der Waals surface area (Å²) in [5.74, 6) is -3.23. The summed E-state index contributed by atoms with van der Waals surface area (Å²) >= 11 is 5.39. The van der Waals surface area contributed by atoms with E-state index in [-0.39, 0.29) is 17.4 Å². The Morgan fingerprint density at radius 1 is 1.18 bits per heavy atom. The lowest BCUT2D eigenvalue weighted by Crippen LogP contribution is -2.29. The third-order valence-electron chi connectivity index (χ3n) is 7.28. The number of nitrogens with zero attached hydrogens (tertiary/aromatic N) is 4. The van der Waals surface area contributed by atoms with Crippen molar-refractivity contribution in [3.05, 3.63) is 93.8 Å². The Morgan fingerprint density at radius 3 is 2.67 bits per heavy atom. The van der Waals surface area contributed by atoms with Crippen LogP contribution < -0.4 is 10.2 Å². The first kappa shape index (κ1) is 31.5. The maximum absolute atomic E-state index is 14.0. The number of halogens is 2. The van der Waals surface area contributed by atoms with E-state index in [9.17, 15) is 23.9 Å². The number of nitrogens with one attached hydrogen (secondary N) is 3. The molecule has 14 heteroatoms. The van der Waals surface area contributed by atoms with Crippen LogP contribution in [0.25, 0.3) is 16.6 Å². The first-order valence-corrected chi connectivity index (χ1v) is 14.4. The maximum Gasteiger partial charge on any atom is 0.354 e. The standard InChI is InChI=1S/C23H23FN4O5.C8H8ClN3/c1-11-12-7-8-16(14(12)6-5-13(11)22(32)33-23(2,3)4)27-20(29)18-9-17(21(30)31)26-19-15(24)10-25-28(18)19;9-10-4-6-1-2-7-5-11-12-8(7)3-6/h5-6,9-10,16H,7-8H2,1-4H3,(H,27,29)(H,30,31);1-3,5,10H,4H2,(H,11,12)/t16-;/m0./s1. The van der Waals surface area contributed by atoms with Gasteiger partial charge in [0.15, 0.2) is 17.2 Å². The van der Waals surface area contributed by atoms with E-state index in [0.29, 0.717) is 24.9 Å². The number of rotatable bonds is 6. The van der Waals surface area contributed by atoms with Crippen LogP contribution in [0, 0.1) is 12.7 Å². The molecule has 4 N–H and O–H groups in total. The molecule has 12 nitrogen and oxygen atoms in total. The van der Waals surface area contributed by atoms with Crippen LogP contribution in [0.15, 0.2) is 48.8 Å². The van der Waals surface area contributed by atoms with Crippen LogP contribution in [0.5, 0.6) is 0 Å². The molecule has 0 saturated heterocycles.